The zero-order valence-electron chi connectivity index (χ0n) is 15.3. The molecule has 0 unspecified atom stereocenters. The second kappa shape index (κ2) is 7.23. The van der Waals surface area contributed by atoms with Crippen LogP contribution < -0.4 is 15.8 Å². The number of rotatable bonds is 4. The third-order valence-electron chi connectivity index (χ3n) is 4.96. The van der Waals surface area contributed by atoms with E-state index in [1.807, 2.05) is 43.3 Å². The Hall–Kier alpha value is -3.15. The molecule has 138 valence electrons. The van der Waals surface area contributed by atoms with Crippen molar-refractivity contribution in [3.63, 3.8) is 0 Å². The van der Waals surface area contributed by atoms with Crippen LogP contribution in [-0.2, 0) is 11.2 Å². The molecule has 1 aromatic carbocycles. The summed E-state index contributed by atoms with van der Waals surface area (Å²) in [6.07, 6.45) is 2.41. The summed E-state index contributed by atoms with van der Waals surface area (Å²) >= 11 is 0. The van der Waals surface area contributed by atoms with Crippen LogP contribution in [0.2, 0.25) is 0 Å². The largest absolute Gasteiger partial charge is 0.357 e. The predicted molar refractivity (Wildman–Crippen MR) is 107 cm³/mol. The van der Waals surface area contributed by atoms with Crippen molar-refractivity contribution in [3.05, 3.63) is 64.1 Å². The normalized spacial score (nSPS) is 13.9. The van der Waals surface area contributed by atoms with Crippen molar-refractivity contribution < 1.29 is 4.79 Å². The number of nitrogens with one attached hydrogen (secondary N) is 2. The molecule has 2 N–H and O–H groups in total. The Bertz CT molecular complexity index is 1050. The lowest BCUT2D eigenvalue weighted by Crippen LogP contribution is -2.22. The van der Waals surface area contributed by atoms with Gasteiger partial charge in [-0.1, -0.05) is 18.2 Å². The number of para-hydroxylation sites is 1. The van der Waals surface area contributed by atoms with E-state index in [0.29, 0.717) is 11.3 Å². The average Bonchev–Trinajstić information content (AvgIpc) is 3.19. The molecule has 27 heavy (non-hydrogen) atoms. The van der Waals surface area contributed by atoms with E-state index in [1.54, 1.807) is 6.07 Å². The number of carbonyl (C=O) groups is 1. The topological polar surface area (TPSA) is 78.1 Å². The van der Waals surface area contributed by atoms with Crippen molar-refractivity contribution in [2.45, 2.75) is 26.2 Å². The minimum atomic E-state index is -0.233. The van der Waals surface area contributed by atoms with Crippen molar-refractivity contribution >= 4 is 28.3 Å². The van der Waals surface area contributed by atoms with Crippen LogP contribution in [0.4, 0.5) is 11.5 Å². The summed E-state index contributed by atoms with van der Waals surface area (Å²) in [5.74, 6) is 0.726. The number of H-pyrrole nitrogens is 1. The van der Waals surface area contributed by atoms with Crippen molar-refractivity contribution in [1.29, 1.82) is 0 Å². The van der Waals surface area contributed by atoms with E-state index in [4.69, 9.17) is 0 Å². The van der Waals surface area contributed by atoms with E-state index >= 15 is 0 Å². The van der Waals surface area contributed by atoms with Crippen LogP contribution in [-0.4, -0.2) is 29.0 Å². The van der Waals surface area contributed by atoms with Crippen molar-refractivity contribution in [1.82, 2.24) is 9.97 Å². The monoisotopic (exact) mass is 362 g/mol. The second-order valence-corrected chi connectivity index (χ2v) is 6.93. The molecule has 1 saturated heterocycles. The molecule has 0 atom stereocenters. The van der Waals surface area contributed by atoms with E-state index in [2.05, 4.69) is 20.2 Å². The molecule has 0 aliphatic carbocycles. The Morgan fingerprint density at radius 1 is 1.19 bits per heavy atom. The molecule has 1 amide bonds. The van der Waals surface area contributed by atoms with Gasteiger partial charge in [-0.15, -0.1) is 0 Å². The molecule has 2 aromatic heterocycles. The van der Waals surface area contributed by atoms with Crippen molar-refractivity contribution in [3.8, 4) is 0 Å². The minimum Gasteiger partial charge on any atom is -0.357 e. The number of fused-ring (bicyclic) bond motifs is 1. The van der Waals surface area contributed by atoms with Gasteiger partial charge in [-0.3, -0.25) is 9.59 Å². The third-order valence-corrected chi connectivity index (χ3v) is 4.96. The van der Waals surface area contributed by atoms with Gasteiger partial charge in [0.1, 0.15) is 5.82 Å². The molecule has 0 spiro atoms. The Kier molecular flexibility index (Phi) is 4.62. The first kappa shape index (κ1) is 17.3. The standard InChI is InChI=1S/C21H22N4O2/c1-14-17(8-9-19(22-14)25-10-4-5-11-25)23-20(26)13-16-12-15-6-2-3-7-18(15)24-21(16)27/h2-3,6-9,12H,4-5,10-11,13H2,1H3,(H,23,26)(H,24,27). The molecule has 6 nitrogen and oxygen atoms in total. The number of anilines is 2. The Balaban J connectivity index is 1.49. The highest BCUT2D eigenvalue weighted by atomic mass is 16.2. The number of aromatic nitrogens is 2. The van der Waals surface area contributed by atoms with Gasteiger partial charge in [0.25, 0.3) is 5.56 Å². The van der Waals surface area contributed by atoms with E-state index in [1.165, 1.54) is 12.8 Å². The first-order valence-corrected chi connectivity index (χ1v) is 9.23. The lowest BCUT2D eigenvalue weighted by atomic mass is 10.1. The molecule has 3 aromatic rings. The molecule has 1 aliphatic heterocycles. The highest BCUT2D eigenvalue weighted by Gasteiger charge is 2.15. The molecule has 6 heteroatoms. The number of nitrogens with zero attached hydrogens (tertiary/aromatic N) is 2. The van der Waals surface area contributed by atoms with Crippen LogP contribution >= 0.6 is 0 Å². The lowest BCUT2D eigenvalue weighted by molar-refractivity contribution is -0.115. The molecule has 0 radical (unpaired) electrons. The lowest BCUT2D eigenvalue weighted by Gasteiger charge is -2.18. The van der Waals surface area contributed by atoms with Gasteiger partial charge in [0.15, 0.2) is 0 Å². The first-order chi connectivity index (χ1) is 13.1. The van der Waals surface area contributed by atoms with E-state index in [-0.39, 0.29) is 17.9 Å². The highest BCUT2D eigenvalue weighted by Crippen LogP contribution is 2.22. The number of pyridine rings is 2. The molecule has 0 bridgehead atoms. The first-order valence-electron chi connectivity index (χ1n) is 9.23. The number of aromatic amines is 1. The summed E-state index contributed by atoms with van der Waals surface area (Å²) < 4.78 is 0. The summed E-state index contributed by atoms with van der Waals surface area (Å²) in [5, 5.41) is 3.79. The van der Waals surface area contributed by atoms with Crippen LogP contribution in [0.1, 0.15) is 24.1 Å². The van der Waals surface area contributed by atoms with Gasteiger partial charge in [-0.2, -0.15) is 0 Å². The number of hydrogen-bond donors (Lipinski definition) is 2. The molecule has 0 saturated carbocycles. The number of hydrogen-bond acceptors (Lipinski definition) is 4. The maximum absolute atomic E-state index is 12.5. The average molecular weight is 362 g/mol. The van der Waals surface area contributed by atoms with Gasteiger partial charge < -0.3 is 15.2 Å². The Labute approximate surface area is 157 Å². The zero-order chi connectivity index (χ0) is 18.8. The quantitative estimate of drug-likeness (QED) is 0.748. The smallest absolute Gasteiger partial charge is 0.252 e. The maximum atomic E-state index is 12.5. The fourth-order valence-corrected chi connectivity index (χ4v) is 3.49. The molecule has 1 fully saturated rings. The zero-order valence-corrected chi connectivity index (χ0v) is 15.3. The van der Waals surface area contributed by atoms with Crippen molar-refractivity contribution in [2.75, 3.05) is 23.3 Å². The summed E-state index contributed by atoms with van der Waals surface area (Å²) in [4.78, 5) is 34.4. The third kappa shape index (κ3) is 3.69. The van der Waals surface area contributed by atoms with Gasteiger partial charge in [0, 0.05) is 24.2 Å². The van der Waals surface area contributed by atoms with Gasteiger partial charge in [0.2, 0.25) is 5.91 Å². The number of benzene rings is 1. The molecular formula is C21H22N4O2. The number of carbonyl (C=O) groups excluding carboxylic acids is 1. The Morgan fingerprint density at radius 3 is 2.74 bits per heavy atom. The number of aryl methyl sites for hydroxylation is 1. The van der Waals surface area contributed by atoms with E-state index in [0.717, 1.165) is 35.5 Å². The summed E-state index contributed by atoms with van der Waals surface area (Å²) in [7, 11) is 0. The van der Waals surface area contributed by atoms with Gasteiger partial charge >= 0.3 is 0 Å². The molecular weight excluding hydrogens is 340 g/mol. The van der Waals surface area contributed by atoms with E-state index < -0.39 is 0 Å². The van der Waals surface area contributed by atoms with Crippen molar-refractivity contribution in [2.24, 2.45) is 0 Å². The van der Waals surface area contributed by atoms with Crippen LogP contribution in [0.5, 0.6) is 0 Å². The fourth-order valence-electron chi connectivity index (χ4n) is 3.49. The summed E-state index contributed by atoms with van der Waals surface area (Å²) in [6, 6.07) is 13.1. The van der Waals surface area contributed by atoms with E-state index in [9.17, 15) is 9.59 Å². The van der Waals surface area contributed by atoms with Crippen LogP contribution in [0.3, 0.4) is 0 Å². The van der Waals surface area contributed by atoms with Gasteiger partial charge in [-0.05, 0) is 49.4 Å². The Morgan fingerprint density at radius 2 is 1.96 bits per heavy atom. The SMILES string of the molecule is Cc1nc(N2CCCC2)ccc1NC(=O)Cc1cc2ccccc2[nH]c1=O. The fraction of sp³-hybridized carbons (Fsp3) is 0.286. The van der Waals surface area contributed by atoms with Gasteiger partial charge in [-0.25, -0.2) is 4.98 Å². The molecule has 3 heterocycles. The second-order valence-electron chi connectivity index (χ2n) is 6.93. The van der Waals surface area contributed by atoms with Crippen LogP contribution in [0, 0.1) is 6.92 Å². The van der Waals surface area contributed by atoms with Crippen LogP contribution in [0.15, 0.2) is 47.3 Å². The van der Waals surface area contributed by atoms with Gasteiger partial charge in [0.05, 0.1) is 17.8 Å². The predicted octanol–water partition coefficient (Wildman–Crippen LogP) is 3.01. The number of amides is 1. The maximum Gasteiger partial charge on any atom is 0.252 e. The summed E-state index contributed by atoms with van der Waals surface area (Å²) in [5.41, 5.74) is 2.44. The minimum absolute atomic E-state index is 0.0213. The molecule has 4 rings (SSSR count). The van der Waals surface area contributed by atoms with Crippen LogP contribution in [0.25, 0.3) is 10.9 Å². The summed E-state index contributed by atoms with van der Waals surface area (Å²) in [6.45, 7) is 3.95. The molecule has 1 aliphatic rings. The highest BCUT2D eigenvalue weighted by molar-refractivity contribution is 5.93.